The Labute approximate surface area is 376 Å². The molecule has 0 aliphatic carbocycles. The fourth-order valence-electron chi connectivity index (χ4n) is 10.6. The summed E-state index contributed by atoms with van der Waals surface area (Å²) < 4.78 is 5.00. The normalized spacial score (nSPS) is 13.1. The summed E-state index contributed by atoms with van der Waals surface area (Å²) in [5.41, 5.74) is 16.4. The Hall–Kier alpha value is -7.98. The molecule has 0 spiro atoms. The van der Waals surface area contributed by atoms with Gasteiger partial charge in [0.25, 0.3) is 0 Å². The van der Waals surface area contributed by atoms with Crippen LogP contribution in [0.2, 0.25) is 0 Å². The molecule has 3 heterocycles. The molecule has 0 bridgehead atoms. The highest BCUT2D eigenvalue weighted by atomic mass is 32.1. The van der Waals surface area contributed by atoms with Gasteiger partial charge in [0.05, 0.1) is 27.8 Å². The van der Waals surface area contributed by atoms with Crippen LogP contribution in [0.5, 0.6) is 0 Å². The molecular formula is C61H40N2S. The minimum Gasteiger partial charge on any atom is -0.310 e. The zero-order valence-corrected chi connectivity index (χ0v) is 35.7. The van der Waals surface area contributed by atoms with Crippen LogP contribution in [-0.2, 0) is 5.41 Å². The lowest BCUT2D eigenvalue weighted by atomic mass is 9.62. The molecule has 1 aliphatic rings. The Morgan fingerprint density at radius 3 is 1.66 bits per heavy atom. The predicted molar refractivity (Wildman–Crippen MR) is 271 cm³/mol. The molecule has 2 nitrogen and oxygen atoms in total. The molecule has 0 saturated carbocycles. The van der Waals surface area contributed by atoms with E-state index in [0.29, 0.717) is 0 Å². The van der Waals surface area contributed by atoms with Crippen LogP contribution in [0.3, 0.4) is 0 Å². The van der Waals surface area contributed by atoms with Gasteiger partial charge < -0.3 is 9.47 Å². The highest BCUT2D eigenvalue weighted by Crippen LogP contribution is 2.58. The van der Waals surface area contributed by atoms with Crippen LogP contribution in [0.1, 0.15) is 22.3 Å². The van der Waals surface area contributed by atoms with Crippen LogP contribution in [0, 0.1) is 0 Å². The van der Waals surface area contributed by atoms with E-state index in [1.165, 1.54) is 104 Å². The highest BCUT2D eigenvalue weighted by molar-refractivity contribution is 7.25. The summed E-state index contributed by atoms with van der Waals surface area (Å²) in [5.74, 6) is 0. The van der Waals surface area contributed by atoms with E-state index in [1.807, 2.05) is 11.3 Å². The number of rotatable bonds is 6. The maximum Gasteiger partial charge on any atom is 0.0742 e. The molecule has 2 aromatic heterocycles. The van der Waals surface area contributed by atoms with Gasteiger partial charge in [-0.25, -0.2) is 0 Å². The van der Waals surface area contributed by atoms with Crippen molar-refractivity contribution in [2.75, 3.05) is 4.90 Å². The van der Waals surface area contributed by atoms with E-state index < -0.39 is 5.41 Å². The number of thiophene rings is 1. The van der Waals surface area contributed by atoms with Gasteiger partial charge in [0, 0.05) is 42.3 Å². The molecule has 0 saturated heterocycles. The molecule has 0 fully saturated rings. The van der Waals surface area contributed by atoms with Crippen LogP contribution in [0.4, 0.5) is 17.1 Å². The van der Waals surface area contributed by atoms with E-state index in [9.17, 15) is 0 Å². The summed E-state index contributed by atoms with van der Waals surface area (Å²) in [7, 11) is 0. The largest absolute Gasteiger partial charge is 0.310 e. The number of nitrogens with zero attached hydrogens (tertiary/aromatic N) is 2. The number of hydrogen-bond donors (Lipinski definition) is 0. The second-order valence-electron chi connectivity index (χ2n) is 16.8. The standard InChI is InChI=1S/C61H40N2S/c1-3-18-45(19-4-1)61(46-33-36-51-50-23-8-14-29-59(50)64-60(51)40-46)53-24-9-12-27-57(53)63(58-28-13-10-25-54(58)61)48-34-30-41(31-35-48)42-16-15-17-43(38-42)44-32-37-56-52(39-44)49-22-7-11-26-55(49)62(56)47-20-5-2-6-21-47/h1-40H. The zero-order valence-electron chi connectivity index (χ0n) is 34.9. The first-order valence-corrected chi connectivity index (χ1v) is 22.8. The lowest BCUT2D eigenvalue weighted by Gasteiger charge is -2.46. The third-order valence-electron chi connectivity index (χ3n) is 13.5. The number of hydrogen-bond acceptors (Lipinski definition) is 2. The van der Waals surface area contributed by atoms with Crippen molar-refractivity contribution >= 4 is 70.4 Å². The van der Waals surface area contributed by atoms with Crippen LogP contribution in [0.15, 0.2) is 243 Å². The van der Waals surface area contributed by atoms with Gasteiger partial charge in [-0.15, -0.1) is 11.3 Å². The molecule has 0 amide bonds. The molecule has 0 N–H and O–H groups in total. The van der Waals surface area contributed by atoms with E-state index in [-0.39, 0.29) is 0 Å². The second-order valence-corrected chi connectivity index (χ2v) is 17.9. The average Bonchev–Trinajstić information content (AvgIpc) is 3.91. The van der Waals surface area contributed by atoms with Crippen LogP contribution >= 0.6 is 11.3 Å². The summed E-state index contributed by atoms with van der Waals surface area (Å²) in [6.45, 7) is 0. The Morgan fingerprint density at radius 2 is 0.891 bits per heavy atom. The molecule has 1 aliphatic heterocycles. The van der Waals surface area contributed by atoms with Crippen LogP contribution in [0.25, 0.3) is 69.9 Å². The van der Waals surface area contributed by atoms with Gasteiger partial charge in [-0.3, -0.25) is 0 Å². The first kappa shape index (κ1) is 36.7. The summed E-state index contributed by atoms with van der Waals surface area (Å²) in [6.07, 6.45) is 0. The first-order valence-electron chi connectivity index (χ1n) is 22.0. The third kappa shape index (κ3) is 5.51. The van der Waals surface area contributed by atoms with Crippen molar-refractivity contribution in [3.05, 3.63) is 265 Å². The molecule has 64 heavy (non-hydrogen) atoms. The van der Waals surface area contributed by atoms with Crippen molar-refractivity contribution in [1.82, 2.24) is 4.57 Å². The monoisotopic (exact) mass is 832 g/mol. The van der Waals surface area contributed by atoms with Crippen molar-refractivity contribution in [2.24, 2.45) is 0 Å². The number of anilines is 3. The van der Waals surface area contributed by atoms with Gasteiger partial charge in [-0.1, -0.05) is 170 Å². The molecule has 10 aromatic carbocycles. The maximum absolute atomic E-state index is 2.46. The van der Waals surface area contributed by atoms with Gasteiger partial charge in [-0.05, 0) is 117 Å². The average molecular weight is 833 g/mol. The smallest absolute Gasteiger partial charge is 0.0742 e. The summed E-state index contributed by atoms with van der Waals surface area (Å²) in [6, 6.07) is 89.6. The lowest BCUT2D eigenvalue weighted by Crippen LogP contribution is -2.37. The Balaban J connectivity index is 0.910. The molecule has 0 radical (unpaired) electrons. The molecule has 3 heteroatoms. The van der Waals surface area contributed by atoms with E-state index in [0.717, 1.165) is 5.69 Å². The molecule has 13 rings (SSSR count). The van der Waals surface area contributed by atoms with Gasteiger partial charge in [-0.2, -0.15) is 0 Å². The topological polar surface area (TPSA) is 8.17 Å². The molecular weight excluding hydrogens is 793 g/mol. The van der Waals surface area contributed by atoms with Crippen molar-refractivity contribution in [3.8, 4) is 27.9 Å². The van der Waals surface area contributed by atoms with Crippen molar-refractivity contribution in [3.63, 3.8) is 0 Å². The number of fused-ring (bicyclic) bond motifs is 8. The third-order valence-corrected chi connectivity index (χ3v) is 14.6. The quantitative estimate of drug-likeness (QED) is 0.162. The minimum absolute atomic E-state index is 0.546. The van der Waals surface area contributed by atoms with E-state index >= 15 is 0 Å². The van der Waals surface area contributed by atoms with Gasteiger partial charge in [0.1, 0.15) is 0 Å². The van der Waals surface area contributed by atoms with E-state index in [2.05, 4.69) is 252 Å². The highest BCUT2D eigenvalue weighted by Gasteiger charge is 2.46. The van der Waals surface area contributed by atoms with Gasteiger partial charge in [0.15, 0.2) is 0 Å². The zero-order chi connectivity index (χ0) is 42.2. The van der Waals surface area contributed by atoms with E-state index in [1.54, 1.807) is 0 Å². The minimum atomic E-state index is -0.546. The summed E-state index contributed by atoms with van der Waals surface area (Å²) in [4.78, 5) is 2.46. The predicted octanol–water partition coefficient (Wildman–Crippen LogP) is 16.7. The Kier molecular flexibility index (Phi) is 8.34. The molecule has 0 unspecified atom stereocenters. The molecule has 300 valence electrons. The van der Waals surface area contributed by atoms with Crippen LogP contribution in [-0.4, -0.2) is 4.57 Å². The number of benzene rings is 10. The number of aromatic nitrogens is 1. The molecule has 0 atom stereocenters. The first-order chi connectivity index (χ1) is 31.7. The maximum atomic E-state index is 2.46. The summed E-state index contributed by atoms with van der Waals surface area (Å²) in [5, 5.41) is 5.14. The fourth-order valence-corrected chi connectivity index (χ4v) is 11.8. The Bertz CT molecular complexity index is 3680. The van der Waals surface area contributed by atoms with Crippen molar-refractivity contribution in [2.45, 2.75) is 5.41 Å². The Morgan fingerprint density at radius 1 is 0.312 bits per heavy atom. The van der Waals surface area contributed by atoms with Crippen molar-refractivity contribution in [1.29, 1.82) is 0 Å². The summed E-state index contributed by atoms with van der Waals surface area (Å²) >= 11 is 1.88. The van der Waals surface area contributed by atoms with E-state index in [4.69, 9.17) is 0 Å². The SMILES string of the molecule is c1ccc(-n2c3ccccc3c3cc(-c4cccc(-c5ccc(N6c7ccccc7C(c7ccccc7)(c7ccc8c(c7)sc7ccccc78)c7ccccc76)cc5)c4)ccc32)cc1. The number of para-hydroxylation sites is 4. The van der Waals surface area contributed by atoms with Crippen LogP contribution < -0.4 is 4.90 Å². The van der Waals surface area contributed by atoms with Gasteiger partial charge in [0.2, 0.25) is 0 Å². The molecule has 12 aromatic rings. The fraction of sp³-hybridized carbons (Fsp3) is 0.0164. The van der Waals surface area contributed by atoms with Crippen molar-refractivity contribution < 1.29 is 0 Å². The lowest BCUT2D eigenvalue weighted by molar-refractivity contribution is 0.732. The second kappa shape index (κ2) is 14.6. The van der Waals surface area contributed by atoms with Gasteiger partial charge >= 0.3 is 0 Å².